The van der Waals surface area contributed by atoms with Crippen LogP contribution in [0.3, 0.4) is 0 Å². The van der Waals surface area contributed by atoms with Crippen LogP contribution in [-0.4, -0.2) is 61.2 Å². The highest BCUT2D eigenvalue weighted by molar-refractivity contribution is 5.94. The second-order valence-electron chi connectivity index (χ2n) is 6.74. The number of likely N-dealkylation sites (N-methyl/N-ethyl adjacent to an activating group) is 1. The lowest BCUT2D eigenvalue weighted by atomic mass is 9.97. The largest absolute Gasteiger partial charge is 0.380 e. The quantitative estimate of drug-likeness (QED) is 0.826. The predicted octanol–water partition coefficient (Wildman–Crippen LogP) is 1.54. The Balaban J connectivity index is 1.78. The van der Waals surface area contributed by atoms with Crippen molar-refractivity contribution in [1.82, 2.24) is 15.0 Å². The van der Waals surface area contributed by atoms with Gasteiger partial charge in [0.1, 0.15) is 5.76 Å². The standard InChI is InChI=1S/C16H25N3O3/c1-10-13(9-21-4)15(17-22-10)16(20)19-7-12(11-5-6-11)14(8-19)18(2)3/h11-12,14H,5-9H2,1-4H3/t12-,14+/m1/s1. The smallest absolute Gasteiger partial charge is 0.276 e. The van der Waals surface area contributed by atoms with Gasteiger partial charge in [-0.1, -0.05) is 5.16 Å². The zero-order valence-corrected chi connectivity index (χ0v) is 13.8. The number of hydrogen-bond donors (Lipinski definition) is 0. The average Bonchev–Trinajstić information content (AvgIpc) is 3.13. The number of methoxy groups -OCH3 is 1. The lowest BCUT2D eigenvalue weighted by Gasteiger charge is -2.24. The van der Waals surface area contributed by atoms with E-state index in [1.165, 1.54) is 12.8 Å². The summed E-state index contributed by atoms with van der Waals surface area (Å²) in [6, 6.07) is 0.440. The first-order valence-electron chi connectivity index (χ1n) is 7.92. The summed E-state index contributed by atoms with van der Waals surface area (Å²) in [7, 11) is 5.82. The Kier molecular flexibility index (Phi) is 4.23. The van der Waals surface area contributed by atoms with Crippen LogP contribution in [0.2, 0.25) is 0 Å². The van der Waals surface area contributed by atoms with Gasteiger partial charge in [-0.25, -0.2) is 0 Å². The Bertz CT molecular complexity index is 541. The fourth-order valence-corrected chi connectivity index (χ4v) is 3.53. The van der Waals surface area contributed by atoms with Gasteiger partial charge in [0.25, 0.3) is 5.91 Å². The molecule has 0 bridgehead atoms. The normalized spacial score (nSPS) is 25.2. The summed E-state index contributed by atoms with van der Waals surface area (Å²) >= 11 is 0. The molecule has 1 saturated carbocycles. The van der Waals surface area contributed by atoms with Crippen molar-refractivity contribution in [2.45, 2.75) is 32.4 Å². The van der Waals surface area contributed by atoms with Crippen molar-refractivity contribution in [2.75, 3.05) is 34.3 Å². The molecular weight excluding hydrogens is 282 g/mol. The van der Waals surface area contributed by atoms with E-state index in [9.17, 15) is 4.79 Å². The van der Waals surface area contributed by atoms with E-state index >= 15 is 0 Å². The summed E-state index contributed by atoms with van der Waals surface area (Å²) in [5.74, 6) is 1.99. The topological polar surface area (TPSA) is 58.8 Å². The van der Waals surface area contributed by atoms with Gasteiger partial charge in [0.05, 0.1) is 12.2 Å². The minimum atomic E-state index is -0.0288. The van der Waals surface area contributed by atoms with Gasteiger partial charge in [0, 0.05) is 26.2 Å². The molecule has 1 aromatic heterocycles. The van der Waals surface area contributed by atoms with Gasteiger partial charge in [-0.05, 0) is 45.7 Å². The van der Waals surface area contributed by atoms with E-state index in [4.69, 9.17) is 9.26 Å². The molecule has 2 fully saturated rings. The second-order valence-corrected chi connectivity index (χ2v) is 6.74. The lowest BCUT2D eigenvalue weighted by molar-refractivity contribution is 0.0766. The van der Waals surface area contributed by atoms with E-state index in [0.717, 1.165) is 24.6 Å². The maximum atomic E-state index is 12.8. The third-order valence-electron chi connectivity index (χ3n) is 4.99. The Morgan fingerprint density at radius 3 is 2.73 bits per heavy atom. The summed E-state index contributed by atoms with van der Waals surface area (Å²) in [4.78, 5) is 17.0. The van der Waals surface area contributed by atoms with Crippen LogP contribution in [0.25, 0.3) is 0 Å². The SMILES string of the molecule is COCc1c(C(=O)N2C[C@H](C3CC3)[C@@H](N(C)C)C2)noc1C. The molecule has 2 atom stereocenters. The van der Waals surface area contributed by atoms with Crippen molar-refractivity contribution in [3.05, 3.63) is 17.0 Å². The molecule has 0 N–H and O–H groups in total. The molecule has 0 aromatic carbocycles. The molecule has 3 rings (SSSR count). The molecule has 1 amide bonds. The average molecular weight is 307 g/mol. The van der Waals surface area contributed by atoms with Crippen molar-refractivity contribution in [3.8, 4) is 0 Å². The number of likely N-dealkylation sites (tertiary alicyclic amines) is 1. The van der Waals surface area contributed by atoms with Crippen LogP contribution in [0.15, 0.2) is 4.52 Å². The number of amides is 1. The second kappa shape index (κ2) is 6.01. The highest BCUT2D eigenvalue weighted by Crippen LogP contribution is 2.42. The van der Waals surface area contributed by atoms with Crippen LogP contribution in [0.1, 0.15) is 34.7 Å². The number of nitrogens with zero attached hydrogens (tertiary/aromatic N) is 3. The molecule has 1 saturated heterocycles. The number of carbonyl (C=O) groups is 1. The molecule has 0 spiro atoms. The van der Waals surface area contributed by atoms with Gasteiger partial charge < -0.3 is 19.1 Å². The molecule has 1 aliphatic heterocycles. The van der Waals surface area contributed by atoms with Gasteiger partial charge in [-0.2, -0.15) is 0 Å². The van der Waals surface area contributed by atoms with Gasteiger partial charge in [0.2, 0.25) is 0 Å². The zero-order chi connectivity index (χ0) is 15.9. The first-order valence-corrected chi connectivity index (χ1v) is 7.92. The number of carbonyl (C=O) groups excluding carboxylic acids is 1. The van der Waals surface area contributed by atoms with Crippen molar-refractivity contribution in [2.24, 2.45) is 11.8 Å². The number of aromatic nitrogens is 1. The summed E-state index contributed by atoms with van der Waals surface area (Å²) in [6.07, 6.45) is 2.60. The third-order valence-corrected chi connectivity index (χ3v) is 4.99. The van der Waals surface area contributed by atoms with Crippen LogP contribution in [0, 0.1) is 18.8 Å². The van der Waals surface area contributed by atoms with Crippen LogP contribution >= 0.6 is 0 Å². The van der Waals surface area contributed by atoms with Gasteiger partial charge >= 0.3 is 0 Å². The van der Waals surface area contributed by atoms with Gasteiger partial charge in [0.15, 0.2) is 5.69 Å². The Hall–Kier alpha value is -1.40. The number of hydrogen-bond acceptors (Lipinski definition) is 5. The maximum absolute atomic E-state index is 12.8. The van der Waals surface area contributed by atoms with E-state index in [0.29, 0.717) is 30.0 Å². The highest BCUT2D eigenvalue weighted by Gasteiger charge is 2.45. The van der Waals surface area contributed by atoms with Crippen molar-refractivity contribution in [1.29, 1.82) is 0 Å². The number of aryl methyl sites for hydroxylation is 1. The van der Waals surface area contributed by atoms with Gasteiger partial charge in [-0.15, -0.1) is 0 Å². The fourth-order valence-electron chi connectivity index (χ4n) is 3.53. The third kappa shape index (κ3) is 2.77. The van der Waals surface area contributed by atoms with Crippen LogP contribution < -0.4 is 0 Å². The Labute approximate surface area is 131 Å². The molecule has 2 aliphatic rings. The molecule has 1 aliphatic carbocycles. The molecule has 22 heavy (non-hydrogen) atoms. The van der Waals surface area contributed by atoms with Crippen LogP contribution in [-0.2, 0) is 11.3 Å². The Morgan fingerprint density at radius 2 is 2.14 bits per heavy atom. The lowest BCUT2D eigenvalue weighted by Crippen LogP contribution is -2.37. The van der Waals surface area contributed by atoms with E-state index < -0.39 is 0 Å². The molecule has 0 unspecified atom stereocenters. The predicted molar refractivity (Wildman–Crippen MR) is 81.5 cm³/mol. The molecule has 0 radical (unpaired) electrons. The molecule has 6 heteroatoms. The van der Waals surface area contributed by atoms with Crippen LogP contribution in [0.5, 0.6) is 0 Å². The molecule has 2 heterocycles. The number of rotatable bonds is 5. The van der Waals surface area contributed by atoms with Crippen molar-refractivity contribution < 1.29 is 14.1 Å². The fraction of sp³-hybridized carbons (Fsp3) is 0.750. The minimum absolute atomic E-state index is 0.0288. The molecule has 6 nitrogen and oxygen atoms in total. The van der Waals surface area contributed by atoms with Crippen LogP contribution in [0.4, 0.5) is 0 Å². The maximum Gasteiger partial charge on any atom is 0.276 e. The minimum Gasteiger partial charge on any atom is -0.380 e. The van der Waals surface area contributed by atoms with E-state index in [1.807, 2.05) is 11.8 Å². The van der Waals surface area contributed by atoms with E-state index in [1.54, 1.807) is 7.11 Å². The van der Waals surface area contributed by atoms with Crippen molar-refractivity contribution in [3.63, 3.8) is 0 Å². The summed E-state index contributed by atoms with van der Waals surface area (Å²) in [5, 5.41) is 3.97. The number of ether oxygens (including phenoxy) is 1. The molecule has 122 valence electrons. The van der Waals surface area contributed by atoms with Gasteiger partial charge in [-0.3, -0.25) is 4.79 Å². The summed E-state index contributed by atoms with van der Waals surface area (Å²) in [5.41, 5.74) is 1.18. The molecular formula is C16H25N3O3. The Morgan fingerprint density at radius 1 is 1.41 bits per heavy atom. The first-order chi connectivity index (χ1) is 10.5. The monoisotopic (exact) mass is 307 g/mol. The summed E-state index contributed by atoms with van der Waals surface area (Å²) < 4.78 is 10.4. The highest BCUT2D eigenvalue weighted by atomic mass is 16.5. The van der Waals surface area contributed by atoms with Crippen molar-refractivity contribution >= 4 is 5.91 Å². The summed E-state index contributed by atoms with van der Waals surface area (Å²) in [6.45, 7) is 3.77. The van der Waals surface area contributed by atoms with E-state index in [-0.39, 0.29) is 5.91 Å². The zero-order valence-electron chi connectivity index (χ0n) is 13.8. The molecule has 1 aromatic rings. The first kappa shape index (κ1) is 15.5. The van der Waals surface area contributed by atoms with E-state index in [2.05, 4.69) is 24.2 Å².